The Labute approximate surface area is 154 Å². The van der Waals surface area contributed by atoms with Crippen LogP contribution in [0.25, 0.3) is 0 Å². The summed E-state index contributed by atoms with van der Waals surface area (Å²) in [5.74, 6) is -0.598. The molecule has 0 aromatic carbocycles. The molecule has 3 N–H and O–H groups in total. The van der Waals surface area contributed by atoms with Gasteiger partial charge in [-0.2, -0.15) is 0 Å². The molecular formula is C19H32O7. The molecule has 2 rings (SSSR count). The fourth-order valence-corrected chi connectivity index (χ4v) is 3.47. The summed E-state index contributed by atoms with van der Waals surface area (Å²) in [5.41, 5.74) is 0.731. The lowest BCUT2D eigenvalue weighted by Crippen LogP contribution is -2.50. The van der Waals surface area contributed by atoms with E-state index in [0.717, 1.165) is 5.57 Å². The molecule has 0 aromatic rings. The highest BCUT2D eigenvalue weighted by molar-refractivity contribution is 5.82. The van der Waals surface area contributed by atoms with Crippen molar-refractivity contribution in [3.63, 3.8) is 0 Å². The molecule has 26 heavy (non-hydrogen) atoms. The molecule has 0 spiro atoms. The van der Waals surface area contributed by atoms with E-state index in [1.54, 1.807) is 20.8 Å². The van der Waals surface area contributed by atoms with Crippen LogP contribution >= 0.6 is 0 Å². The molecule has 8 atom stereocenters. The summed E-state index contributed by atoms with van der Waals surface area (Å²) in [5, 5.41) is 30.5. The standard InChI is InChI=1S/C19H32O7/c1-5-24-16(21)7-10(2)6-14-18(23)17(22)13(9-25-14)8-15-19(26-15)11(3)12(4)20/h7,11-15,17-20,22-23H,5-6,8-9H2,1-4H3/b10-7+/t11-,12-,13-,14-,15-,17+,18-,19-/m0/s1. The molecule has 0 radical (unpaired) electrons. The highest BCUT2D eigenvalue weighted by Crippen LogP contribution is 2.38. The van der Waals surface area contributed by atoms with Crippen LogP contribution in [0, 0.1) is 11.8 Å². The molecule has 2 heterocycles. The zero-order valence-electron chi connectivity index (χ0n) is 16.0. The second-order valence-electron chi connectivity index (χ2n) is 7.53. The first-order valence-electron chi connectivity index (χ1n) is 9.39. The van der Waals surface area contributed by atoms with E-state index < -0.39 is 30.4 Å². The van der Waals surface area contributed by atoms with Gasteiger partial charge in [-0.1, -0.05) is 12.5 Å². The maximum absolute atomic E-state index is 11.5. The summed E-state index contributed by atoms with van der Waals surface area (Å²) in [4.78, 5) is 11.5. The van der Waals surface area contributed by atoms with Crippen LogP contribution in [0.1, 0.15) is 40.5 Å². The first-order valence-corrected chi connectivity index (χ1v) is 9.39. The second-order valence-corrected chi connectivity index (χ2v) is 7.53. The van der Waals surface area contributed by atoms with E-state index in [9.17, 15) is 20.1 Å². The summed E-state index contributed by atoms with van der Waals surface area (Å²) in [6, 6.07) is 0. The van der Waals surface area contributed by atoms with Gasteiger partial charge in [-0.05, 0) is 33.6 Å². The van der Waals surface area contributed by atoms with Gasteiger partial charge in [-0.3, -0.25) is 0 Å². The SMILES string of the molecule is CCOC(=O)/C=C(\C)C[C@@H]1OC[C@H](C[C@@H]2O[C@H]2[C@@H](C)[C@H](C)O)[C@@H](O)[C@H]1O. The van der Waals surface area contributed by atoms with Crippen molar-refractivity contribution in [2.24, 2.45) is 11.8 Å². The van der Waals surface area contributed by atoms with Gasteiger partial charge < -0.3 is 29.5 Å². The maximum Gasteiger partial charge on any atom is 0.330 e. The Balaban J connectivity index is 1.83. The quantitative estimate of drug-likeness (QED) is 0.328. The van der Waals surface area contributed by atoms with Crippen LogP contribution < -0.4 is 0 Å². The van der Waals surface area contributed by atoms with Crippen LogP contribution in [0.15, 0.2) is 11.6 Å². The van der Waals surface area contributed by atoms with Gasteiger partial charge in [0.2, 0.25) is 0 Å². The number of hydrogen-bond donors (Lipinski definition) is 3. The van der Waals surface area contributed by atoms with Crippen LogP contribution in [-0.2, 0) is 19.0 Å². The number of aliphatic hydroxyl groups is 3. The molecule has 150 valence electrons. The van der Waals surface area contributed by atoms with E-state index in [2.05, 4.69) is 0 Å². The van der Waals surface area contributed by atoms with E-state index in [1.165, 1.54) is 6.08 Å². The number of rotatable bonds is 8. The van der Waals surface area contributed by atoms with Gasteiger partial charge in [-0.25, -0.2) is 4.79 Å². The molecule has 0 saturated carbocycles. The van der Waals surface area contributed by atoms with E-state index in [4.69, 9.17) is 14.2 Å². The summed E-state index contributed by atoms with van der Waals surface area (Å²) in [7, 11) is 0. The summed E-state index contributed by atoms with van der Waals surface area (Å²) >= 11 is 0. The smallest absolute Gasteiger partial charge is 0.330 e. The van der Waals surface area contributed by atoms with Gasteiger partial charge in [0, 0.05) is 17.9 Å². The van der Waals surface area contributed by atoms with Crippen molar-refractivity contribution in [1.82, 2.24) is 0 Å². The lowest BCUT2D eigenvalue weighted by Gasteiger charge is -2.38. The fraction of sp³-hybridized carbons (Fsp3) is 0.842. The van der Waals surface area contributed by atoms with Crippen molar-refractivity contribution in [2.75, 3.05) is 13.2 Å². The number of carbonyl (C=O) groups excluding carboxylic acids is 1. The summed E-state index contributed by atoms with van der Waals surface area (Å²) in [6.07, 6.45) is -0.625. The minimum absolute atomic E-state index is 0.00757. The van der Waals surface area contributed by atoms with Crippen molar-refractivity contribution in [3.05, 3.63) is 11.6 Å². The van der Waals surface area contributed by atoms with E-state index in [1.807, 2.05) is 6.92 Å². The molecule has 2 fully saturated rings. The van der Waals surface area contributed by atoms with Crippen molar-refractivity contribution < 1.29 is 34.3 Å². The third-order valence-corrected chi connectivity index (χ3v) is 5.35. The molecule has 7 nitrogen and oxygen atoms in total. The Morgan fingerprint density at radius 2 is 1.96 bits per heavy atom. The third kappa shape index (κ3) is 5.50. The van der Waals surface area contributed by atoms with E-state index >= 15 is 0 Å². The molecule has 0 amide bonds. The number of aliphatic hydroxyl groups excluding tert-OH is 3. The Kier molecular flexibility index (Phi) is 7.61. The Morgan fingerprint density at radius 3 is 2.58 bits per heavy atom. The number of ether oxygens (including phenoxy) is 3. The van der Waals surface area contributed by atoms with Gasteiger partial charge in [0.1, 0.15) is 6.10 Å². The van der Waals surface area contributed by atoms with Gasteiger partial charge in [0.25, 0.3) is 0 Å². The first-order chi connectivity index (χ1) is 12.2. The largest absolute Gasteiger partial charge is 0.463 e. The zero-order valence-corrected chi connectivity index (χ0v) is 16.0. The van der Waals surface area contributed by atoms with Crippen LogP contribution in [-0.4, -0.2) is 71.1 Å². The molecular weight excluding hydrogens is 340 g/mol. The minimum atomic E-state index is -1.02. The van der Waals surface area contributed by atoms with E-state index in [-0.39, 0.29) is 24.0 Å². The van der Waals surface area contributed by atoms with Gasteiger partial charge in [0.05, 0.1) is 43.7 Å². The highest BCUT2D eigenvalue weighted by atomic mass is 16.6. The third-order valence-electron chi connectivity index (χ3n) is 5.35. The molecule has 0 unspecified atom stereocenters. The number of hydrogen-bond acceptors (Lipinski definition) is 7. The Bertz CT molecular complexity index is 504. The first kappa shape index (κ1) is 21.3. The van der Waals surface area contributed by atoms with Gasteiger partial charge in [0.15, 0.2) is 0 Å². The minimum Gasteiger partial charge on any atom is -0.463 e. The van der Waals surface area contributed by atoms with Crippen molar-refractivity contribution in [2.45, 2.75) is 77.2 Å². The van der Waals surface area contributed by atoms with Crippen LogP contribution in [0.4, 0.5) is 0 Å². The number of esters is 1. The van der Waals surface area contributed by atoms with Crippen LogP contribution in [0.5, 0.6) is 0 Å². The number of carbonyl (C=O) groups is 1. The average Bonchev–Trinajstić information content (AvgIpc) is 3.33. The average molecular weight is 372 g/mol. The lowest BCUT2D eigenvalue weighted by atomic mass is 9.85. The normalized spacial score (nSPS) is 37.1. The molecule has 7 heteroatoms. The predicted octanol–water partition coefficient (Wildman–Crippen LogP) is 0.797. The molecule has 2 saturated heterocycles. The monoisotopic (exact) mass is 372 g/mol. The van der Waals surface area contributed by atoms with Crippen LogP contribution in [0.2, 0.25) is 0 Å². The molecule has 2 aliphatic heterocycles. The lowest BCUT2D eigenvalue weighted by molar-refractivity contribution is -0.165. The zero-order chi connectivity index (χ0) is 19.4. The van der Waals surface area contributed by atoms with Crippen molar-refractivity contribution in [3.8, 4) is 0 Å². The van der Waals surface area contributed by atoms with Crippen molar-refractivity contribution in [1.29, 1.82) is 0 Å². The summed E-state index contributed by atoms with van der Waals surface area (Å²) in [6.45, 7) is 7.82. The van der Waals surface area contributed by atoms with Gasteiger partial charge >= 0.3 is 5.97 Å². The second kappa shape index (κ2) is 9.28. The topological polar surface area (TPSA) is 109 Å². The van der Waals surface area contributed by atoms with Gasteiger partial charge in [-0.15, -0.1) is 0 Å². The molecule has 0 aromatic heterocycles. The van der Waals surface area contributed by atoms with E-state index in [0.29, 0.717) is 26.1 Å². The fourth-order valence-electron chi connectivity index (χ4n) is 3.47. The summed E-state index contributed by atoms with van der Waals surface area (Å²) < 4.78 is 16.2. The van der Waals surface area contributed by atoms with Crippen LogP contribution in [0.3, 0.4) is 0 Å². The van der Waals surface area contributed by atoms with Crippen molar-refractivity contribution >= 4 is 5.97 Å². The Hall–Kier alpha value is -0.990. The number of epoxide rings is 1. The predicted molar refractivity (Wildman–Crippen MR) is 94.4 cm³/mol. The molecule has 0 bridgehead atoms. The Morgan fingerprint density at radius 1 is 1.27 bits per heavy atom. The highest BCUT2D eigenvalue weighted by Gasteiger charge is 2.48. The molecule has 0 aliphatic carbocycles. The maximum atomic E-state index is 11.5. The molecule has 2 aliphatic rings.